The maximum atomic E-state index is 13.3. The highest BCUT2D eigenvalue weighted by atomic mass is 35.5. The molecular formula is C20H23ClF3N3. The largest absolute Gasteiger partial charge is 0.416 e. The smallest absolute Gasteiger partial charge is 0.315 e. The summed E-state index contributed by atoms with van der Waals surface area (Å²) in [6, 6.07) is 7.00. The van der Waals surface area contributed by atoms with Gasteiger partial charge in [-0.1, -0.05) is 24.6 Å². The van der Waals surface area contributed by atoms with E-state index in [1.165, 1.54) is 12.1 Å². The second-order valence-corrected chi connectivity index (χ2v) is 7.13. The first-order valence-corrected chi connectivity index (χ1v) is 9.54. The number of nitrogens with one attached hydrogen (secondary N) is 1. The Balaban J connectivity index is 2.08. The Morgan fingerprint density at radius 3 is 2.67 bits per heavy atom. The molecule has 0 bridgehead atoms. The van der Waals surface area contributed by atoms with Crippen molar-refractivity contribution in [2.75, 3.05) is 26.2 Å². The standard InChI is InChI=1S/C20H23ClF3N3/c1-2-14-4-7-18(26-13-14)19(27-10-3-8-25-9-11-27)16-12-15(20(22,23)24)5-6-17(16)21/h4-7,12-13,19,25H,2-3,8-11H2,1H3. The summed E-state index contributed by atoms with van der Waals surface area (Å²) in [4.78, 5) is 6.73. The van der Waals surface area contributed by atoms with Gasteiger partial charge in [0.05, 0.1) is 17.3 Å². The van der Waals surface area contributed by atoms with E-state index in [2.05, 4.69) is 15.2 Å². The topological polar surface area (TPSA) is 28.2 Å². The highest BCUT2D eigenvalue weighted by Gasteiger charge is 2.33. The van der Waals surface area contributed by atoms with E-state index in [-0.39, 0.29) is 0 Å². The average molecular weight is 398 g/mol. The van der Waals surface area contributed by atoms with Gasteiger partial charge in [0.2, 0.25) is 0 Å². The summed E-state index contributed by atoms with van der Waals surface area (Å²) in [5.74, 6) is 0. The number of benzene rings is 1. The van der Waals surface area contributed by atoms with Gasteiger partial charge in [0.25, 0.3) is 0 Å². The maximum absolute atomic E-state index is 13.3. The van der Waals surface area contributed by atoms with Crippen molar-refractivity contribution in [3.8, 4) is 0 Å². The van der Waals surface area contributed by atoms with Gasteiger partial charge >= 0.3 is 6.18 Å². The van der Waals surface area contributed by atoms with Crippen molar-refractivity contribution in [3.63, 3.8) is 0 Å². The van der Waals surface area contributed by atoms with E-state index in [0.717, 1.165) is 49.8 Å². The first-order valence-electron chi connectivity index (χ1n) is 9.16. The molecule has 1 aliphatic rings. The van der Waals surface area contributed by atoms with Gasteiger partial charge in [0.15, 0.2) is 0 Å². The van der Waals surface area contributed by atoms with E-state index in [1.54, 1.807) is 6.20 Å². The fraction of sp³-hybridized carbons (Fsp3) is 0.450. The van der Waals surface area contributed by atoms with Crippen LogP contribution in [0.15, 0.2) is 36.5 Å². The third kappa shape index (κ3) is 4.81. The molecule has 1 aliphatic heterocycles. The van der Waals surface area contributed by atoms with Crippen molar-refractivity contribution in [3.05, 3.63) is 63.9 Å². The molecule has 1 saturated heterocycles. The number of pyridine rings is 1. The molecule has 2 heterocycles. The first kappa shape index (κ1) is 20.1. The summed E-state index contributed by atoms with van der Waals surface area (Å²) in [6.07, 6.45) is -0.848. The van der Waals surface area contributed by atoms with Gasteiger partial charge < -0.3 is 5.32 Å². The minimum Gasteiger partial charge on any atom is -0.315 e. The molecule has 0 spiro atoms. The fourth-order valence-electron chi connectivity index (χ4n) is 3.40. The lowest BCUT2D eigenvalue weighted by Crippen LogP contribution is -2.33. The summed E-state index contributed by atoms with van der Waals surface area (Å²) >= 11 is 6.37. The Hall–Kier alpha value is -1.63. The number of nitrogens with zero attached hydrogens (tertiary/aromatic N) is 2. The molecule has 0 amide bonds. The molecule has 7 heteroatoms. The van der Waals surface area contributed by atoms with Crippen LogP contribution in [0.2, 0.25) is 5.02 Å². The summed E-state index contributed by atoms with van der Waals surface area (Å²) in [5.41, 5.74) is 1.57. The summed E-state index contributed by atoms with van der Waals surface area (Å²) in [5, 5.41) is 3.65. The highest BCUT2D eigenvalue weighted by molar-refractivity contribution is 6.31. The molecule has 0 radical (unpaired) electrons. The summed E-state index contributed by atoms with van der Waals surface area (Å²) < 4.78 is 39.9. The van der Waals surface area contributed by atoms with Gasteiger partial charge in [-0.25, -0.2) is 0 Å². The van der Waals surface area contributed by atoms with Gasteiger partial charge in [-0.05, 0) is 54.8 Å². The molecular weight excluding hydrogens is 375 g/mol. The summed E-state index contributed by atoms with van der Waals surface area (Å²) in [6.45, 7) is 5.19. The Kier molecular flexibility index (Phi) is 6.40. The van der Waals surface area contributed by atoms with Crippen LogP contribution >= 0.6 is 11.6 Å². The lowest BCUT2D eigenvalue weighted by Gasteiger charge is -2.31. The lowest BCUT2D eigenvalue weighted by atomic mass is 9.98. The number of rotatable bonds is 4. The van der Waals surface area contributed by atoms with Gasteiger partial charge in [-0.15, -0.1) is 0 Å². The molecule has 146 valence electrons. The van der Waals surface area contributed by atoms with Crippen LogP contribution in [0.5, 0.6) is 0 Å². The predicted octanol–water partition coefficient (Wildman–Crippen LogP) is 4.70. The molecule has 27 heavy (non-hydrogen) atoms. The third-order valence-electron chi connectivity index (χ3n) is 4.89. The second kappa shape index (κ2) is 8.59. The van der Waals surface area contributed by atoms with Crippen LogP contribution < -0.4 is 5.32 Å². The summed E-state index contributed by atoms with van der Waals surface area (Å²) in [7, 11) is 0. The van der Waals surface area contributed by atoms with Crippen molar-refractivity contribution in [1.82, 2.24) is 15.2 Å². The molecule has 1 aromatic heterocycles. The van der Waals surface area contributed by atoms with E-state index >= 15 is 0 Å². The van der Waals surface area contributed by atoms with Gasteiger partial charge in [-0.2, -0.15) is 13.2 Å². The monoisotopic (exact) mass is 397 g/mol. The second-order valence-electron chi connectivity index (χ2n) is 6.72. The van der Waals surface area contributed by atoms with Crippen LogP contribution in [0.1, 0.15) is 41.8 Å². The number of aryl methyl sites for hydroxylation is 1. The molecule has 3 rings (SSSR count). The zero-order valence-electron chi connectivity index (χ0n) is 15.2. The van der Waals surface area contributed by atoms with Crippen molar-refractivity contribution in [1.29, 1.82) is 0 Å². The van der Waals surface area contributed by atoms with Gasteiger partial charge in [0.1, 0.15) is 0 Å². The van der Waals surface area contributed by atoms with Crippen molar-refractivity contribution < 1.29 is 13.2 Å². The zero-order chi connectivity index (χ0) is 19.4. The molecule has 0 aliphatic carbocycles. The first-order chi connectivity index (χ1) is 12.9. The molecule has 1 atom stereocenters. The number of halogens is 4. The van der Waals surface area contributed by atoms with Crippen LogP contribution in [0, 0.1) is 0 Å². The molecule has 1 fully saturated rings. The Labute approximate surface area is 162 Å². The quantitative estimate of drug-likeness (QED) is 0.810. The van der Waals surface area contributed by atoms with Crippen LogP contribution in [-0.2, 0) is 12.6 Å². The highest BCUT2D eigenvalue weighted by Crippen LogP contribution is 2.37. The Bertz CT molecular complexity index is 754. The van der Waals surface area contributed by atoms with E-state index in [4.69, 9.17) is 11.6 Å². The van der Waals surface area contributed by atoms with E-state index in [9.17, 15) is 13.2 Å². The molecule has 1 N–H and O–H groups in total. The number of hydrogen-bond acceptors (Lipinski definition) is 3. The van der Waals surface area contributed by atoms with Gasteiger partial charge in [0, 0.05) is 30.9 Å². The number of hydrogen-bond donors (Lipinski definition) is 1. The number of alkyl halides is 3. The Morgan fingerprint density at radius 1 is 1.19 bits per heavy atom. The molecule has 0 saturated carbocycles. The van der Waals surface area contributed by atoms with Crippen LogP contribution in [0.4, 0.5) is 13.2 Å². The lowest BCUT2D eigenvalue weighted by molar-refractivity contribution is -0.137. The molecule has 1 aromatic carbocycles. The van der Waals surface area contributed by atoms with Crippen molar-refractivity contribution in [2.24, 2.45) is 0 Å². The van der Waals surface area contributed by atoms with Gasteiger partial charge in [-0.3, -0.25) is 9.88 Å². The minimum atomic E-state index is -4.41. The normalized spacial score (nSPS) is 17.5. The average Bonchev–Trinajstić information content (AvgIpc) is 2.92. The van der Waals surface area contributed by atoms with E-state index in [0.29, 0.717) is 17.1 Å². The van der Waals surface area contributed by atoms with Crippen LogP contribution in [0.25, 0.3) is 0 Å². The van der Waals surface area contributed by atoms with Crippen molar-refractivity contribution in [2.45, 2.75) is 32.0 Å². The Morgan fingerprint density at radius 2 is 2.00 bits per heavy atom. The van der Waals surface area contributed by atoms with E-state index in [1.807, 2.05) is 19.1 Å². The van der Waals surface area contributed by atoms with Crippen LogP contribution in [-0.4, -0.2) is 36.1 Å². The predicted molar refractivity (Wildman–Crippen MR) is 101 cm³/mol. The molecule has 3 nitrogen and oxygen atoms in total. The minimum absolute atomic E-state index is 0.326. The van der Waals surface area contributed by atoms with E-state index < -0.39 is 17.8 Å². The SMILES string of the molecule is CCc1ccc(C(c2cc(C(F)(F)F)ccc2Cl)N2CCCNCC2)nc1. The third-order valence-corrected chi connectivity index (χ3v) is 5.24. The molecule has 1 unspecified atom stereocenters. The van der Waals surface area contributed by atoms with Crippen molar-refractivity contribution >= 4 is 11.6 Å². The van der Waals surface area contributed by atoms with Crippen LogP contribution in [0.3, 0.4) is 0 Å². The number of aromatic nitrogens is 1. The maximum Gasteiger partial charge on any atom is 0.416 e. The zero-order valence-corrected chi connectivity index (χ0v) is 15.9. The molecule has 2 aromatic rings. The fourth-order valence-corrected chi connectivity index (χ4v) is 3.63.